The second kappa shape index (κ2) is 6.42. The topological polar surface area (TPSA) is 63.5 Å². The van der Waals surface area contributed by atoms with E-state index in [1.54, 1.807) is 23.9 Å². The number of Topliss-reactive ketones (excluding diaryl/α,β-unsaturated/α-hetero) is 1. The number of carbonyl (C=O) groups is 1. The van der Waals surface area contributed by atoms with Crippen molar-refractivity contribution in [2.75, 3.05) is 11.4 Å². The first-order valence-corrected chi connectivity index (χ1v) is 8.28. The van der Waals surface area contributed by atoms with Gasteiger partial charge in [0, 0.05) is 35.6 Å². The molecule has 118 valence electrons. The quantitative estimate of drug-likeness (QED) is 0.469. The molecule has 2 aromatic rings. The van der Waals surface area contributed by atoms with Crippen molar-refractivity contribution in [3.05, 3.63) is 64.2 Å². The van der Waals surface area contributed by atoms with Crippen LogP contribution >= 0.6 is 11.8 Å². The number of rotatable bonds is 5. The molecule has 2 aromatic carbocycles. The van der Waals surface area contributed by atoms with Crippen molar-refractivity contribution in [2.24, 2.45) is 0 Å². The summed E-state index contributed by atoms with van der Waals surface area (Å²) in [5.41, 5.74) is 1.49. The number of non-ortho nitro benzene ring substituents is 1. The Bertz CT molecular complexity index is 763. The molecule has 6 heteroatoms. The molecule has 0 saturated heterocycles. The highest BCUT2D eigenvalue weighted by molar-refractivity contribution is 8.00. The zero-order valence-electron chi connectivity index (χ0n) is 12.6. The van der Waals surface area contributed by atoms with Crippen LogP contribution in [0.25, 0.3) is 0 Å². The van der Waals surface area contributed by atoms with E-state index in [-0.39, 0.29) is 16.8 Å². The Balaban J connectivity index is 1.79. The lowest BCUT2D eigenvalue weighted by Crippen LogP contribution is -2.31. The maximum absolute atomic E-state index is 12.5. The number of anilines is 1. The number of carbonyl (C=O) groups excluding carboxylic acids is 1. The minimum absolute atomic E-state index is 0.0316. The van der Waals surface area contributed by atoms with Crippen molar-refractivity contribution in [1.82, 2.24) is 0 Å². The molecule has 0 spiro atoms. The third-order valence-electron chi connectivity index (χ3n) is 3.86. The summed E-state index contributed by atoms with van der Waals surface area (Å²) in [5, 5.41) is 10.9. The van der Waals surface area contributed by atoms with Gasteiger partial charge in [0.15, 0.2) is 5.78 Å². The van der Waals surface area contributed by atoms with Crippen LogP contribution in [-0.4, -0.2) is 22.6 Å². The maximum atomic E-state index is 12.5. The van der Waals surface area contributed by atoms with Gasteiger partial charge in [-0.1, -0.05) is 36.0 Å². The van der Waals surface area contributed by atoms with Crippen LogP contribution in [0.15, 0.2) is 53.4 Å². The van der Waals surface area contributed by atoms with Gasteiger partial charge in [0.2, 0.25) is 0 Å². The van der Waals surface area contributed by atoms with Gasteiger partial charge >= 0.3 is 0 Å². The number of benzene rings is 2. The largest absolute Gasteiger partial charge is 0.358 e. The van der Waals surface area contributed by atoms with Crippen LogP contribution in [-0.2, 0) is 0 Å². The molecule has 1 aliphatic rings. The number of nitrogens with zero attached hydrogens (tertiary/aromatic N) is 2. The van der Waals surface area contributed by atoms with E-state index in [0.29, 0.717) is 12.0 Å². The Kier molecular flexibility index (Phi) is 4.34. The summed E-state index contributed by atoms with van der Waals surface area (Å²) >= 11 is 1.67. The number of para-hydroxylation sites is 1. The second-order valence-corrected chi connectivity index (χ2v) is 6.48. The van der Waals surface area contributed by atoms with Crippen LogP contribution in [0.5, 0.6) is 0 Å². The Morgan fingerprint density at radius 1 is 1.26 bits per heavy atom. The minimum Gasteiger partial charge on any atom is -0.358 e. The summed E-state index contributed by atoms with van der Waals surface area (Å²) in [6, 6.07) is 14.0. The lowest BCUT2D eigenvalue weighted by molar-refractivity contribution is -0.384. The van der Waals surface area contributed by atoms with Gasteiger partial charge < -0.3 is 4.90 Å². The van der Waals surface area contributed by atoms with Crippen molar-refractivity contribution in [3.63, 3.8) is 0 Å². The van der Waals surface area contributed by atoms with E-state index in [1.165, 1.54) is 17.0 Å². The molecule has 1 heterocycles. The molecule has 0 amide bonds. The highest BCUT2D eigenvalue weighted by Gasteiger charge is 2.30. The number of thioether (sulfide) groups is 1. The van der Waals surface area contributed by atoms with Crippen molar-refractivity contribution in [1.29, 1.82) is 0 Å². The molecule has 1 atom stereocenters. The van der Waals surface area contributed by atoms with E-state index < -0.39 is 4.92 Å². The van der Waals surface area contributed by atoms with Crippen LogP contribution < -0.4 is 4.90 Å². The molecule has 1 unspecified atom stereocenters. The third kappa shape index (κ3) is 3.07. The average Bonchev–Trinajstić information content (AvgIpc) is 2.91. The molecule has 0 aromatic heterocycles. The van der Waals surface area contributed by atoms with Crippen LogP contribution in [0.2, 0.25) is 0 Å². The van der Waals surface area contributed by atoms with Crippen LogP contribution in [0.3, 0.4) is 0 Å². The summed E-state index contributed by atoms with van der Waals surface area (Å²) in [4.78, 5) is 26.3. The van der Waals surface area contributed by atoms with Crippen molar-refractivity contribution in [3.8, 4) is 0 Å². The number of hydrogen-bond donors (Lipinski definition) is 0. The fourth-order valence-electron chi connectivity index (χ4n) is 2.75. The maximum Gasteiger partial charge on any atom is 0.270 e. The van der Waals surface area contributed by atoms with E-state index in [4.69, 9.17) is 0 Å². The molecule has 0 N–H and O–H groups in total. The fourth-order valence-corrected chi connectivity index (χ4v) is 4.14. The van der Waals surface area contributed by atoms with Crippen LogP contribution in [0.1, 0.15) is 23.7 Å². The highest BCUT2D eigenvalue weighted by Crippen LogP contribution is 2.44. The molecular formula is C17H16N2O3S. The van der Waals surface area contributed by atoms with Gasteiger partial charge in [0.1, 0.15) is 0 Å². The van der Waals surface area contributed by atoms with Gasteiger partial charge in [-0.15, -0.1) is 0 Å². The molecule has 1 aliphatic heterocycles. The van der Waals surface area contributed by atoms with Crippen molar-refractivity contribution >= 4 is 28.9 Å². The molecule has 0 bridgehead atoms. The summed E-state index contributed by atoms with van der Waals surface area (Å²) in [6.45, 7) is 2.88. The van der Waals surface area contributed by atoms with E-state index in [2.05, 4.69) is 24.0 Å². The molecule has 23 heavy (non-hydrogen) atoms. The van der Waals surface area contributed by atoms with Gasteiger partial charge in [-0.05, 0) is 19.1 Å². The summed E-state index contributed by atoms with van der Waals surface area (Å²) in [5.74, 6) is -0.0718. The monoisotopic (exact) mass is 328 g/mol. The lowest BCUT2D eigenvalue weighted by atomic mass is 10.1. The van der Waals surface area contributed by atoms with E-state index in [9.17, 15) is 14.9 Å². The van der Waals surface area contributed by atoms with Crippen LogP contribution in [0.4, 0.5) is 11.4 Å². The summed E-state index contributed by atoms with van der Waals surface area (Å²) in [7, 11) is 0. The predicted molar refractivity (Wildman–Crippen MR) is 91.2 cm³/mol. The van der Waals surface area contributed by atoms with Gasteiger partial charge in [0.25, 0.3) is 5.69 Å². The van der Waals surface area contributed by atoms with Gasteiger partial charge in [-0.3, -0.25) is 14.9 Å². The number of nitro benzene ring substituents is 1. The summed E-state index contributed by atoms with van der Waals surface area (Å²) < 4.78 is 0. The number of ketones is 1. The molecule has 0 fully saturated rings. The molecule has 0 aliphatic carbocycles. The normalized spacial score (nSPS) is 16.2. The number of hydrogen-bond acceptors (Lipinski definition) is 5. The fraction of sp³-hybridized carbons (Fsp3) is 0.235. The third-order valence-corrected chi connectivity index (χ3v) is 5.16. The average molecular weight is 328 g/mol. The standard InChI is InChI=1S/C17H16N2O3S/c1-2-18-14-8-3-4-9-16(14)23-17(18)11-15(20)12-6-5-7-13(10-12)19(21)22/h3-10,17H,2,11H2,1H3. The van der Waals surface area contributed by atoms with Crippen LogP contribution in [0, 0.1) is 10.1 Å². The van der Waals surface area contributed by atoms with Gasteiger partial charge in [-0.2, -0.15) is 0 Å². The van der Waals surface area contributed by atoms with Crippen molar-refractivity contribution < 1.29 is 9.72 Å². The highest BCUT2D eigenvalue weighted by atomic mass is 32.2. The second-order valence-electron chi connectivity index (χ2n) is 5.26. The van der Waals surface area contributed by atoms with Gasteiger partial charge in [-0.25, -0.2) is 0 Å². The molecule has 3 rings (SSSR count). The zero-order valence-corrected chi connectivity index (χ0v) is 13.5. The van der Waals surface area contributed by atoms with Crippen molar-refractivity contribution in [2.45, 2.75) is 23.6 Å². The minimum atomic E-state index is -0.477. The Hall–Kier alpha value is -2.34. The number of nitro groups is 1. The molecule has 0 radical (unpaired) electrons. The molecule has 0 saturated carbocycles. The Morgan fingerprint density at radius 2 is 2.04 bits per heavy atom. The molecule has 5 nitrogen and oxygen atoms in total. The lowest BCUT2D eigenvalue weighted by Gasteiger charge is -2.24. The Morgan fingerprint density at radius 3 is 2.78 bits per heavy atom. The first-order chi connectivity index (χ1) is 11.1. The van der Waals surface area contributed by atoms with Gasteiger partial charge in [0.05, 0.1) is 16.0 Å². The summed E-state index contributed by atoms with van der Waals surface area (Å²) in [6.07, 6.45) is 0.328. The van der Waals surface area contributed by atoms with E-state index in [1.807, 2.05) is 12.1 Å². The number of fused-ring (bicyclic) bond motifs is 1. The smallest absolute Gasteiger partial charge is 0.270 e. The zero-order chi connectivity index (χ0) is 16.4. The first kappa shape index (κ1) is 15.6. The van der Waals surface area contributed by atoms with E-state index in [0.717, 1.165) is 12.2 Å². The van der Waals surface area contributed by atoms with E-state index >= 15 is 0 Å². The molecular weight excluding hydrogens is 312 g/mol. The first-order valence-electron chi connectivity index (χ1n) is 7.40. The Labute approximate surface area is 138 Å². The SMILES string of the molecule is CCN1c2ccccc2SC1CC(=O)c1cccc([N+](=O)[O-])c1. The predicted octanol–water partition coefficient (Wildman–Crippen LogP) is 4.13.